The fourth-order valence-electron chi connectivity index (χ4n) is 4.15. The molecule has 0 spiro atoms. The molecule has 1 aliphatic rings. The van der Waals surface area contributed by atoms with E-state index in [4.69, 9.17) is 9.47 Å². The lowest BCUT2D eigenvalue weighted by atomic mass is 9.81. The molecule has 1 N–H and O–H groups in total. The SMILES string of the molecule is Cc1cc(C)c(OC[C@@H]2C[C@@H](O)CC(=O)O2)c(C(c2ccc(F)cc2)C(C)C)c1. The number of rotatable bonds is 6. The van der Waals surface area contributed by atoms with Crippen LogP contribution in [-0.4, -0.2) is 29.9 Å². The summed E-state index contributed by atoms with van der Waals surface area (Å²) in [5.41, 5.74) is 4.18. The van der Waals surface area contributed by atoms with Gasteiger partial charge < -0.3 is 14.6 Å². The van der Waals surface area contributed by atoms with E-state index in [1.54, 1.807) is 0 Å². The molecule has 1 heterocycles. The van der Waals surface area contributed by atoms with Crippen molar-refractivity contribution in [2.45, 2.75) is 58.7 Å². The van der Waals surface area contributed by atoms with E-state index in [9.17, 15) is 14.3 Å². The lowest BCUT2D eigenvalue weighted by molar-refractivity contribution is -0.162. The molecule has 2 aromatic carbocycles. The summed E-state index contributed by atoms with van der Waals surface area (Å²) in [6.45, 7) is 8.49. The van der Waals surface area contributed by atoms with Gasteiger partial charge in [0, 0.05) is 17.9 Å². The van der Waals surface area contributed by atoms with Gasteiger partial charge in [0.2, 0.25) is 0 Å². The highest BCUT2D eigenvalue weighted by molar-refractivity contribution is 5.71. The fourth-order valence-corrected chi connectivity index (χ4v) is 4.15. The second-order valence-electron chi connectivity index (χ2n) is 8.29. The molecule has 0 aliphatic carbocycles. The molecule has 0 bridgehead atoms. The van der Waals surface area contributed by atoms with Crippen LogP contribution in [0.15, 0.2) is 36.4 Å². The van der Waals surface area contributed by atoms with Gasteiger partial charge in [0.15, 0.2) is 0 Å². The molecule has 1 fully saturated rings. The first kappa shape index (κ1) is 21.3. The van der Waals surface area contributed by atoms with Crippen LogP contribution in [0.3, 0.4) is 0 Å². The van der Waals surface area contributed by atoms with E-state index in [2.05, 4.69) is 26.0 Å². The van der Waals surface area contributed by atoms with Crippen LogP contribution in [0, 0.1) is 25.6 Å². The monoisotopic (exact) mass is 400 g/mol. The predicted octanol–water partition coefficient (Wildman–Crippen LogP) is 4.68. The average molecular weight is 400 g/mol. The number of carbonyl (C=O) groups is 1. The Morgan fingerprint density at radius 3 is 2.52 bits per heavy atom. The number of aliphatic hydroxyl groups is 1. The van der Waals surface area contributed by atoms with Crippen molar-refractivity contribution in [1.29, 1.82) is 0 Å². The Bertz CT molecular complexity index is 860. The normalized spacial score (nSPS) is 20.4. The molecular formula is C24H29FO4. The van der Waals surface area contributed by atoms with Crippen molar-refractivity contribution in [1.82, 2.24) is 0 Å². The lowest BCUT2D eigenvalue weighted by Gasteiger charge is -2.29. The van der Waals surface area contributed by atoms with Gasteiger partial charge in [0.1, 0.15) is 24.3 Å². The number of cyclic esters (lactones) is 1. The molecular weight excluding hydrogens is 371 g/mol. The molecule has 1 saturated heterocycles. The third kappa shape index (κ3) is 5.15. The molecule has 2 aromatic rings. The predicted molar refractivity (Wildman–Crippen MR) is 110 cm³/mol. The molecule has 4 nitrogen and oxygen atoms in total. The Morgan fingerprint density at radius 1 is 1.21 bits per heavy atom. The smallest absolute Gasteiger partial charge is 0.308 e. The van der Waals surface area contributed by atoms with E-state index in [0.29, 0.717) is 6.42 Å². The van der Waals surface area contributed by atoms with Crippen molar-refractivity contribution in [3.8, 4) is 5.75 Å². The highest BCUT2D eigenvalue weighted by atomic mass is 19.1. The summed E-state index contributed by atoms with van der Waals surface area (Å²) in [7, 11) is 0. The van der Waals surface area contributed by atoms with Crippen LogP contribution in [0.1, 0.15) is 54.9 Å². The zero-order valence-corrected chi connectivity index (χ0v) is 17.4. The highest BCUT2D eigenvalue weighted by Crippen LogP contribution is 2.40. The van der Waals surface area contributed by atoms with Gasteiger partial charge in [0.25, 0.3) is 0 Å². The molecule has 0 amide bonds. The molecule has 5 heteroatoms. The summed E-state index contributed by atoms with van der Waals surface area (Å²) >= 11 is 0. The first-order valence-electron chi connectivity index (χ1n) is 10.1. The third-order valence-corrected chi connectivity index (χ3v) is 5.33. The van der Waals surface area contributed by atoms with Crippen LogP contribution < -0.4 is 4.74 Å². The van der Waals surface area contributed by atoms with Crippen molar-refractivity contribution in [3.63, 3.8) is 0 Å². The maximum Gasteiger partial charge on any atom is 0.308 e. The van der Waals surface area contributed by atoms with Crippen molar-refractivity contribution < 1.29 is 23.8 Å². The standard InChI is InChI=1S/C24H29FO4/c1-14(2)23(17-5-7-18(25)8-6-17)21-10-15(3)9-16(4)24(21)28-13-20-11-19(26)12-22(27)29-20/h5-10,14,19-20,23,26H,11-13H2,1-4H3/t19-,20+,23?/m1/s1. The quantitative estimate of drug-likeness (QED) is 0.716. The number of aryl methyl sites for hydroxylation is 2. The highest BCUT2D eigenvalue weighted by Gasteiger charge is 2.29. The molecule has 0 aromatic heterocycles. The topological polar surface area (TPSA) is 55.8 Å². The Kier molecular flexibility index (Phi) is 6.58. The van der Waals surface area contributed by atoms with Gasteiger partial charge in [-0.05, 0) is 43.0 Å². The van der Waals surface area contributed by atoms with E-state index < -0.39 is 18.2 Å². The van der Waals surface area contributed by atoms with Gasteiger partial charge in [-0.1, -0.05) is 43.7 Å². The number of ether oxygens (including phenoxy) is 2. The number of esters is 1. The van der Waals surface area contributed by atoms with Crippen LogP contribution in [-0.2, 0) is 9.53 Å². The minimum atomic E-state index is -0.689. The van der Waals surface area contributed by atoms with Crippen molar-refractivity contribution >= 4 is 5.97 Å². The Hall–Kier alpha value is -2.40. The molecule has 0 saturated carbocycles. The number of halogens is 1. The Morgan fingerprint density at radius 2 is 1.90 bits per heavy atom. The first-order valence-corrected chi connectivity index (χ1v) is 10.1. The summed E-state index contributed by atoms with van der Waals surface area (Å²) < 4.78 is 25.0. The molecule has 3 rings (SSSR count). The molecule has 3 atom stereocenters. The maximum absolute atomic E-state index is 13.5. The second kappa shape index (κ2) is 8.95. The second-order valence-corrected chi connectivity index (χ2v) is 8.29. The molecule has 156 valence electrons. The number of aliphatic hydroxyl groups excluding tert-OH is 1. The largest absolute Gasteiger partial charge is 0.489 e. The summed E-state index contributed by atoms with van der Waals surface area (Å²) in [6.07, 6.45) is -0.753. The zero-order valence-electron chi connectivity index (χ0n) is 17.4. The molecule has 29 heavy (non-hydrogen) atoms. The van der Waals surface area contributed by atoms with Gasteiger partial charge in [-0.3, -0.25) is 4.79 Å². The van der Waals surface area contributed by atoms with Crippen LogP contribution in [0.5, 0.6) is 5.75 Å². The molecule has 1 unspecified atom stereocenters. The van der Waals surface area contributed by atoms with Crippen molar-refractivity contribution in [2.24, 2.45) is 5.92 Å². The fraction of sp³-hybridized carbons (Fsp3) is 0.458. The lowest BCUT2D eigenvalue weighted by Crippen LogP contribution is -2.36. The number of hydrogen-bond acceptors (Lipinski definition) is 4. The van der Waals surface area contributed by atoms with Gasteiger partial charge in [-0.2, -0.15) is 0 Å². The summed E-state index contributed by atoms with van der Waals surface area (Å²) in [5, 5.41) is 9.84. The van der Waals surface area contributed by atoms with Crippen LogP contribution >= 0.6 is 0 Å². The van der Waals surface area contributed by atoms with E-state index in [1.165, 1.54) is 12.1 Å². The maximum atomic E-state index is 13.5. The van der Waals surface area contributed by atoms with E-state index in [0.717, 1.165) is 28.0 Å². The Labute approximate surface area is 171 Å². The molecule has 0 radical (unpaired) electrons. The summed E-state index contributed by atoms with van der Waals surface area (Å²) in [4.78, 5) is 11.6. The van der Waals surface area contributed by atoms with E-state index in [-0.39, 0.29) is 30.7 Å². The summed E-state index contributed by atoms with van der Waals surface area (Å²) in [5.74, 6) is 0.396. The summed E-state index contributed by atoms with van der Waals surface area (Å²) in [6, 6.07) is 10.8. The van der Waals surface area contributed by atoms with Crippen molar-refractivity contribution in [2.75, 3.05) is 6.61 Å². The van der Waals surface area contributed by atoms with Gasteiger partial charge in [-0.15, -0.1) is 0 Å². The van der Waals surface area contributed by atoms with Gasteiger partial charge >= 0.3 is 5.97 Å². The average Bonchev–Trinajstić information content (AvgIpc) is 2.61. The van der Waals surface area contributed by atoms with Crippen molar-refractivity contribution in [3.05, 3.63) is 64.5 Å². The van der Waals surface area contributed by atoms with Gasteiger partial charge in [0.05, 0.1) is 12.5 Å². The zero-order chi connectivity index (χ0) is 21.1. The Balaban J connectivity index is 1.93. The van der Waals surface area contributed by atoms with Crippen LogP contribution in [0.2, 0.25) is 0 Å². The number of benzene rings is 2. The minimum Gasteiger partial charge on any atom is -0.489 e. The van der Waals surface area contributed by atoms with Crippen LogP contribution in [0.4, 0.5) is 4.39 Å². The third-order valence-electron chi connectivity index (χ3n) is 5.33. The number of carbonyl (C=O) groups excluding carboxylic acids is 1. The van der Waals surface area contributed by atoms with Crippen LogP contribution in [0.25, 0.3) is 0 Å². The van der Waals surface area contributed by atoms with E-state index in [1.807, 2.05) is 26.0 Å². The molecule has 1 aliphatic heterocycles. The number of hydrogen-bond donors (Lipinski definition) is 1. The van der Waals surface area contributed by atoms with E-state index >= 15 is 0 Å². The van der Waals surface area contributed by atoms with Gasteiger partial charge in [-0.25, -0.2) is 4.39 Å². The first-order chi connectivity index (χ1) is 13.7. The minimum absolute atomic E-state index is 0.0312.